The molecule has 0 fully saturated rings. The summed E-state index contributed by atoms with van der Waals surface area (Å²) in [5.74, 6) is -0.114. The first-order valence-corrected chi connectivity index (χ1v) is 11.1. The fourth-order valence-corrected chi connectivity index (χ4v) is 3.69. The van der Waals surface area contributed by atoms with Crippen LogP contribution in [0.5, 0.6) is 5.75 Å². The lowest BCUT2D eigenvalue weighted by atomic mass is 9.84. The van der Waals surface area contributed by atoms with E-state index in [1.165, 1.54) is 7.11 Å². The SMILES string of the molecule is COc1c(C#N)cc(C(C)(C)C)cc1C(=O)Nc1ccc(C)c(-n2cc(-c3cccnc3)nn2)c1. The smallest absolute Gasteiger partial charge is 0.259 e. The second-order valence-electron chi connectivity index (χ2n) is 9.21. The highest BCUT2D eigenvalue weighted by atomic mass is 16.5. The predicted molar refractivity (Wildman–Crippen MR) is 134 cm³/mol. The predicted octanol–water partition coefficient (Wildman–Crippen LogP) is 5.07. The molecule has 0 radical (unpaired) electrons. The van der Waals surface area contributed by atoms with Crippen LogP contribution in [0.2, 0.25) is 0 Å². The zero-order valence-corrected chi connectivity index (χ0v) is 20.3. The molecule has 2 aromatic carbocycles. The number of pyridine rings is 1. The van der Waals surface area contributed by atoms with Crippen molar-refractivity contribution in [1.29, 1.82) is 5.26 Å². The standard InChI is InChI=1S/C27H26N6O2/c1-17-8-9-21(13-24(17)33-16-23(31-32-33)18-7-6-10-29-15-18)30-26(34)22-12-20(27(2,3)4)11-19(14-28)25(22)35-5/h6-13,15-16H,1-5H3,(H,30,34). The number of rotatable bonds is 5. The number of carbonyl (C=O) groups is 1. The number of benzene rings is 2. The van der Waals surface area contributed by atoms with Crippen LogP contribution in [0.25, 0.3) is 16.9 Å². The molecule has 0 atom stereocenters. The molecule has 8 nitrogen and oxygen atoms in total. The molecule has 0 saturated heterocycles. The summed E-state index contributed by atoms with van der Waals surface area (Å²) in [6.07, 6.45) is 5.25. The van der Waals surface area contributed by atoms with E-state index in [0.717, 1.165) is 22.4 Å². The van der Waals surface area contributed by atoms with Crippen LogP contribution in [0.15, 0.2) is 61.1 Å². The summed E-state index contributed by atoms with van der Waals surface area (Å²) >= 11 is 0. The molecule has 1 N–H and O–H groups in total. The number of hydrogen-bond acceptors (Lipinski definition) is 6. The highest BCUT2D eigenvalue weighted by molar-refractivity contribution is 6.07. The first kappa shape index (κ1) is 23.6. The molecule has 0 bridgehead atoms. The van der Waals surface area contributed by atoms with Crippen molar-refractivity contribution in [1.82, 2.24) is 20.0 Å². The van der Waals surface area contributed by atoms with Gasteiger partial charge in [-0.2, -0.15) is 5.26 Å². The number of nitriles is 1. The second kappa shape index (κ2) is 9.39. The van der Waals surface area contributed by atoms with Crippen molar-refractivity contribution in [2.24, 2.45) is 0 Å². The fourth-order valence-electron chi connectivity index (χ4n) is 3.69. The van der Waals surface area contributed by atoms with E-state index in [4.69, 9.17) is 4.74 Å². The fraction of sp³-hybridized carbons (Fsp3) is 0.222. The van der Waals surface area contributed by atoms with Crippen LogP contribution in [-0.4, -0.2) is 33.0 Å². The van der Waals surface area contributed by atoms with Gasteiger partial charge in [0.05, 0.1) is 30.1 Å². The van der Waals surface area contributed by atoms with Gasteiger partial charge in [0.1, 0.15) is 17.5 Å². The lowest BCUT2D eigenvalue weighted by molar-refractivity contribution is 0.102. The monoisotopic (exact) mass is 466 g/mol. The molecule has 0 spiro atoms. The maximum Gasteiger partial charge on any atom is 0.259 e. The third kappa shape index (κ3) is 4.89. The quantitative estimate of drug-likeness (QED) is 0.440. The zero-order chi connectivity index (χ0) is 25.2. The van der Waals surface area contributed by atoms with Crippen molar-refractivity contribution < 1.29 is 9.53 Å². The highest BCUT2D eigenvalue weighted by Crippen LogP contribution is 2.32. The van der Waals surface area contributed by atoms with E-state index in [1.807, 2.05) is 64.2 Å². The Morgan fingerprint density at radius 3 is 2.63 bits per heavy atom. The van der Waals surface area contributed by atoms with Crippen LogP contribution in [0.1, 0.15) is 47.8 Å². The van der Waals surface area contributed by atoms with Gasteiger partial charge in [0, 0.05) is 23.6 Å². The molecule has 4 aromatic rings. The van der Waals surface area contributed by atoms with E-state index >= 15 is 0 Å². The number of amides is 1. The van der Waals surface area contributed by atoms with Gasteiger partial charge in [-0.25, -0.2) is 4.68 Å². The van der Waals surface area contributed by atoms with Gasteiger partial charge in [-0.15, -0.1) is 5.10 Å². The van der Waals surface area contributed by atoms with Crippen molar-refractivity contribution in [3.05, 3.63) is 83.3 Å². The van der Waals surface area contributed by atoms with Gasteiger partial charge in [0.2, 0.25) is 0 Å². The number of aryl methyl sites for hydroxylation is 1. The molecule has 0 aliphatic carbocycles. The van der Waals surface area contributed by atoms with Crippen molar-refractivity contribution in [2.45, 2.75) is 33.1 Å². The van der Waals surface area contributed by atoms with Crippen molar-refractivity contribution in [3.63, 3.8) is 0 Å². The maximum atomic E-state index is 13.3. The molecule has 0 unspecified atom stereocenters. The maximum absolute atomic E-state index is 13.3. The third-order valence-corrected chi connectivity index (χ3v) is 5.69. The normalized spacial score (nSPS) is 11.1. The number of anilines is 1. The van der Waals surface area contributed by atoms with Crippen LogP contribution in [0.3, 0.4) is 0 Å². The first-order valence-electron chi connectivity index (χ1n) is 11.1. The summed E-state index contributed by atoms with van der Waals surface area (Å²) in [6, 6.07) is 15.0. The van der Waals surface area contributed by atoms with E-state index in [1.54, 1.807) is 29.2 Å². The Morgan fingerprint density at radius 2 is 1.97 bits per heavy atom. The first-order chi connectivity index (χ1) is 16.7. The molecule has 2 heterocycles. The average molecular weight is 467 g/mol. The average Bonchev–Trinajstić information content (AvgIpc) is 3.34. The van der Waals surface area contributed by atoms with Crippen LogP contribution < -0.4 is 10.1 Å². The molecule has 0 aliphatic heterocycles. The summed E-state index contributed by atoms with van der Waals surface area (Å²) in [7, 11) is 1.46. The topological polar surface area (TPSA) is 106 Å². The molecule has 0 saturated carbocycles. The Kier molecular flexibility index (Phi) is 6.34. The number of nitrogens with zero attached hydrogens (tertiary/aromatic N) is 5. The largest absolute Gasteiger partial charge is 0.495 e. The Hall–Kier alpha value is -4.51. The number of hydrogen-bond donors (Lipinski definition) is 1. The van der Waals surface area contributed by atoms with Crippen LogP contribution in [0.4, 0.5) is 5.69 Å². The minimum atomic E-state index is -0.367. The summed E-state index contributed by atoms with van der Waals surface area (Å²) < 4.78 is 7.11. The summed E-state index contributed by atoms with van der Waals surface area (Å²) in [5, 5.41) is 21.1. The number of ether oxygens (including phenoxy) is 1. The van der Waals surface area contributed by atoms with E-state index in [9.17, 15) is 10.1 Å². The lowest BCUT2D eigenvalue weighted by Crippen LogP contribution is -2.18. The number of carbonyl (C=O) groups excluding carboxylic acids is 1. The molecular formula is C27H26N6O2. The Morgan fingerprint density at radius 1 is 1.17 bits per heavy atom. The zero-order valence-electron chi connectivity index (χ0n) is 20.3. The molecule has 8 heteroatoms. The summed E-state index contributed by atoms with van der Waals surface area (Å²) in [4.78, 5) is 17.4. The minimum Gasteiger partial charge on any atom is -0.495 e. The van der Waals surface area contributed by atoms with Gasteiger partial charge in [-0.05, 0) is 59.9 Å². The number of nitrogens with one attached hydrogen (secondary N) is 1. The molecule has 4 rings (SSSR count). The lowest BCUT2D eigenvalue weighted by Gasteiger charge is -2.22. The Bertz CT molecular complexity index is 1430. The van der Waals surface area contributed by atoms with Gasteiger partial charge in [0.25, 0.3) is 5.91 Å². The van der Waals surface area contributed by atoms with Gasteiger partial charge in [0.15, 0.2) is 0 Å². The second-order valence-corrected chi connectivity index (χ2v) is 9.21. The van der Waals surface area contributed by atoms with Crippen LogP contribution >= 0.6 is 0 Å². The van der Waals surface area contributed by atoms with E-state index in [2.05, 4.69) is 26.7 Å². The van der Waals surface area contributed by atoms with Crippen LogP contribution in [-0.2, 0) is 5.41 Å². The summed E-state index contributed by atoms with van der Waals surface area (Å²) in [6.45, 7) is 8.05. The molecular weight excluding hydrogens is 440 g/mol. The Labute approximate surface area is 204 Å². The number of methoxy groups -OCH3 is 1. The Balaban J connectivity index is 1.68. The molecule has 1 amide bonds. The molecule has 2 aromatic heterocycles. The van der Waals surface area contributed by atoms with Gasteiger partial charge in [-0.3, -0.25) is 9.78 Å². The number of aromatic nitrogens is 4. The van der Waals surface area contributed by atoms with Crippen molar-refractivity contribution in [3.8, 4) is 28.8 Å². The van der Waals surface area contributed by atoms with Crippen molar-refractivity contribution >= 4 is 11.6 Å². The van der Waals surface area contributed by atoms with E-state index in [0.29, 0.717) is 22.5 Å². The molecule has 0 aliphatic rings. The minimum absolute atomic E-state index is 0.247. The van der Waals surface area contributed by atoms with Crippen molar-refractivity contribution in [2.75, 3.05) is 12.4 Å². The van der Waals surface area contributed by atoms with Gasteiger partial charge in [-0.1, -0.05) is 32.1 Å². The highest BCUT2D eigenvalue weighted by Gasteiger charge is 2.23. The third-order valence-electron chi connectivity index (χ3n) is 5.69. The summed E-state index contributed by atoms with van der Waals surface area (Å²) in [5.41, 5.74) is 5.12. The molecule has 176 valence electrons. The molecule has 35 heavy (non-hydrogen) atoms. The van der Waals surface area contributed by atoms with Crippen LogP contribution in [0, 0.1) is 18.3 Å². The van der Waals surface area contributed by atoms with Gasteiger partial charge >= 0.3 is 0 Å². The van der Waals surface area contributed by atoms with E-state index in [-0.39, 0.29) is 17.1 Å². The van der Waals surface area contributed by atoms with E-state index < -0.39 is 0 Å². The van der Waals surface area contributed by atoms with Gasteiger partial charge < -0.3 is 10.1 Å².